The van der Waals surface area contributed by atoms with Crippen LogP contribution in [0.4, 0.5) is 0 Å². The van der Waals surface area contributed by atoms with Crippen molar-refractivity contribution in [3.8, 4) is 0 Å². The van der Waals surface area contributed by atoms with Gasteiger partial charge in [-0.25, -0.2) is 0 Å². The minimum atomic E-state index is -2.66. The van der Waals surface area contributed by atoms with Crippen molar-refractivity contribution >= 4 is 24.7 Å². The van der Waals surface area contributed by atoms with E-state index in [1.807, 2.05) is 6.92 Å². The van der Waals surface area contributed by atoms with E-state index in [-0.39, 0.29) is 23.0 Å². The first kappa shape index (κ1) is 21.8. The lowest BCUT2D eigenvalue weighted by atomic mass is 9.87. The van der Waals surface area contributed by atoms with Crippen molar-refractivity contribution in [2.45, 2.75) is 64.5 Å². The van der Waals surface area contributed by atoms with Gasteiger partial charge in [-0.3, -0.25) is 4.79 Å². The third-order valence-corrected chi connectivity index (χ3v) is 11.1. The van der Waals surface area contributed by atoms with E-state index in [9.17, 15) is 4.79 Å². The molecule has 4 heteroatoms. The van der Waals surface area contributed by atoms with E-state index in [4.69, 9.17) is 9.16 Å². The van der Waals surface area contributed by atoms with E-state index in [2.05, 4.69) is 81.4 Å². The van der Waals surface area contributed by atoms with Gasteiger partial charge in [0.15, 0.2) is 0 Å². The largest absolute Gasteiger partial charge is 0.466 e. The zero-order chi connectivity index (χ0) is 20.9. The van der Waals surface area contributed by atoms with Gasteiger partial charge in [-0.05, 0) is 35.2 Å². The van der Waals surface area contributed by atoms with E-state index >= 15 is 0 Å². The summed E-state index contributed by atoms with van der Waals surface area (Å²) < 4.78 is 12.7. The van der Waals surface area contributed by atoms with Gasteiger partial charge >= 0.3 is 5.97 Å². The lowest BCUT2D eigenvalue weighted by molar-refractivity contribution is -0.153. The number of esters is 1. The Morgan fingerprint density at radius 1 is 0.931 bits per heavy atom. The molecule has 0 N–H and O–H groups in total. The Labute approximate surface area is 176 Å². The van der Waals surface area contributed by atoms with Gasteiger partial charge in [-0.15, -0.1) is 0 Å². The summed E-state index contributed by atoms with van der Waals surface area (Å²) >= 11 is 0. The third kappa shape index (κ3) is 4.49. The lowest BCUT2D eigenvalue weighted by Gasteiger charge is -2.47. The predicted molar refractivity (Wildman–Crippen MR) is 121 cm³/mol. The zero-order valence-electron chi connectivity index (χ0n) is 18.2. The standard InChI is InChI=1S/C25H34O3Si/c1-5-27-24(26)22-18-12-13-19-23(22)28-29(25(2,3)4,20-14-8-6-9-15-20)21-16-10-7-11-17-21/h6-11,14-17,22-23H,5,12-13,18-19H2,1-4H3/t22-,23+/m1/s1. The molecule has 0 aliphatic heterocycles. The molecule has 1 saturated carbocycles. The topological polar surface area (TPSA) is 35.5 Å². The normalized spacial score (nSPS) is 20.3. The predicted octanol–water partition coefficient (Wildman–Crippen LogP) is 4.68. The van der Waals surface area contributed by atoms with Crippen LogP contribution in [-0.4, -0.2) is 27.0 Å². The first-order valence-electron chi connectivity index (χ1n) is 10.9. The molecule has 1 aliphatic rings. The molecule has 29 heavy (non-hydrogen) atoms. The van der Waals surface area contributed by atoms with Crippen molar-refractivity contribution in [3.63, 3.8) is 0 Å². The van der Waals surface area contributed by atoms with E-state index in [0.29, 0.717) is 6.61 Å². The second-order valence-corrected chi connectivity index (χ2v) is 13.2. The molecule has 0 amide bonds. The number of rotatable bonds is 6. The van der Waals surface area contributed by atoms with Crippen LogP contribution in [0.25, 0.3) is 0 Å². The molecule has 1 fully saturated rings. The number of carbonyl (C=O) groups is 1. The van der Waals surface area contributed by atoms with Crippen molar-refractivity contribution < 1.29 is 14.0 Å². The SMILES string of the molecule is CCOC(=O)[C@@H]1CCCC[C@@H]1O[Si](c1ccccc1)(c1ccccc1)C(C)(C)C. The highest BCUT2D eigenvalue weighted by molar-refractivity contribution is 6.99. The maximum atomic E-state index is 12.7. The fraction of sp³-hybridized carbons (Fsp3) is 0.480. The highest BCUT2D eigenvalue weighted by Crippen LogP contribution is 2.40. The molecule has 0 unspecified atom stereocenters. The fourth-order valence-electron chi connectivity index (χ4n) is 4.68. The molecular formula is C25H34O3Si. The van der Waals surface area contributed by atoms with Crippen LogP contribution in [0, 0.1) is 5.92 Å². The van der Waals surface area contributed by atoms with Crippen LogP contribution in [0.2, 0.25) is 5.04 Å². The summed E-state index contributed by atoms with van der Waals surface area (Å²) in [7, 11) is -2.66. The summed E-state index contributed by atoms with van der Waals surface area (Å²) in [6, 6.07) is 21.3. The average Bonchev–Trinajstić information content (AvgIpc) is 2.73. The zero-order valence-corrected chi connectivity index (χ0v) is 19.2. The molecule has 2 aromatic carbocycles. The van der Waals surface area contributed by atoms with Crippen LogP contribution in [0.15, 0.2) is 60.7 Å². The Kier molecular flexibility index (Phi) is 6.96. The summed E-state index contributed by atoms with van der Waals surface area (Å²) in [4.78, 5) is 12.7. The monoisotopic (exact) mass is 410 g/mol. The second-order valence-electron chi connectivity index (χ2n) is 8.96. The van der Waals surface area contributed by atoms with Crippen LogP contribution >= 0.6 is 0 Å². The quantitative estimate of drug-likeness (QED) is 0.512. The third-order valence-electron chi connectivity index (χ3n) is 6.04. The summed E-state index contributed by atoms with van der Waals surface area (Å²) in [6.45, 7) is 9.13. The van der Waals surface area contributed by atoms with Crippen molar-refractivity contribution in [2.75, 3.05) is 6.61 Å². The molecule has 0 aromatic heterocycles. The minimum Gasteiger partial charge on any atom is -0.466 e. The number of carbonyl (C=O) groups excluding carboxylic acids is 1. The first-order chi connectivity index (χ1) is 13.9. The van der Waals surface area contributed by atoms with Crippen molar-refractivity contribution in [2.24, 2.45) is 5.92 Å². The second kappa shape index (κ2) is 9.27. The Morgan fingerprint density at radius 3 is 1.93 bits per heavy atom. The molecule has 3 rings (SSSR count). The molecule has 0 saturated heterocycles. The molecule has 2 atom stereocenters. The number of hydrogen-bond acceptors (Lipinski definition) is 3. The molecule has 0 radical (unpaired) electrons. The van der Waals surface area contributed by atoms with E-state index in [1.54, 1.807) is 0 Å². The minimum absolute atomic E-state index is 0.0909. The van der Waals surface area contributed by atoms with Crippen LogP contribution in [0.3, 0.4) is 0 Å². The number of benzene rings is 2. The molecule has 3 nitrogen and oxygen atoms in total. The number of ether oxygens (including phenoxy) is 1. The summed E-state index contributed by atoms with van der Waals surface area (Å²) in [5.41, 5.74) is 0. The van der Waals surface area contributed by atoms with Crippen molar-refractivity contribution in [1.82, 2.24) is 0 Å². The van der Waals surface area contributed by atoms with Gasteiger partial charge in [0, 0.05) is 0 Å². The smallest absolute Gasteiger partial charge is 0.311 e. The molecule has 0 spiro atoms. The highest BCUT2D eigenvalue weighted by atomic mass is 28.4. The van der Waals surface area contributed by atoms with Gasteiger partial charge in [-0.1, -0.05) is 94.3 Å². The first-order valence-corrected chi connectivity index (χ1v) is 12.8. The van der Waals surface area contributed by atoms with Crippen LogP contribution in [0.5, 0.6) is 0 Å². The van der Waals surface area contributed by atoms with Gasteiger partial charge < -0.3 is 9.16 Å². The molecule has 2 aromatic rings. The molecule has 0 bridgehead atoms. The highest BCUT2D eigenvalue weighted by Gasteiger charge is 2.52. The summed E-state index contributed by atoms with van der Waals surface area (Å²) in [5, 5.41) is 2.42. The maximum Gasteiger partial charge on any atom is 0.311 e. The average molecular weight is 411 g/mol. The molecular weight excluding hydrogens is 376 g/mol. The summed E-state index contributed by atoms with van der Waals surface area (Å²) in [5.74, 6) is -0.277. The van der Waals surface area contributed by atoms with Gasteiger partial charge in [0.2, 0.25) is 0 Å². The van der Waals surface area contributed by atoms with Crippen molar-refractivity contribution in [3.05, 3.63) is 60.7 Å². The maximum absolute atomic E-state index is 12.7. The van der Waals surface area contributed by atoms with Crippen LogP contribution in [-0.2, 0) is 14.0 Å². The molecule has 156 valence electrons. The van der Waals surface area contributed by atoms with Crippen molar-refractivity contribution in [1.29, 1.82) is 0 Å². The Balaban J connectivity index is 2.11. The fourth-order valence-corrected chi connectivity index (χ4v) is 9.43. The van der Waals surface area contributed by atoms with E-state index in [0.717, 1.165) is 25.7 Å². The lowest BCUT2D eigenvalue weighted by Crippen LogP contribution is -2.68. The van der Waals surface area contributed by atoms with Crippen LogP contribution in [0.1, 0.15) is 53.4 Å². The van der Waals surface area contributed by atoms with Gasteiger partial charge in [-0.2, -0.15) is 0 Å². The summed E-state index contributed by atoms with van der Waals surface area (Å²) in [6.07, 6.45) is 3.81. The molecule has 1 aliphatic carbocycles. The Morgan fingerprint density at radius 2 is 1.45 bits per heavy atom. The van der Waals surface area contributed by atoms with Gasteiger partial charge in [0.25, 0.3) is 8.32 Å². The van der Waals surface area contributed by atoms with Gasteiger partial charge in [0.1, 0.15) is 0 Å². The van der Waals surface area contributed by atoms with E-state index in [1.165, 1.54) is 10.4 Å². The Hall–Kier alpha value is -1.91. The van der Waals surface area contributed by atoms with E-state index < -0.39 is 8.32 Å². The van der Waals surface area contributed by atoms with Crippen LogP contribution < -0.4 is 10.4 Å². The molecule has 0 heterocycles. The van der Waals surface area contributed by atoms with Gasteiger partial charge in [0.05, 0.1) is 18.6 Å². The number of hydrogen-bond donors (Lipinski definition) is 0. The Bertz CT molecular complexity index is 743.